The van der Waals surface area contributed by atoms with Gasteiger partial charge in [-0.3, -0.25) is 0 Å². The zero-order valence-electron chi connectivity index (χ0n) is 10.3. The molecular weight excluding hydrogens is 246 g/mol. The molecule has 0 heterocycles. The number of hydrogen-bond donors (Lipinski definition) is 1. The molecule has 0 aromatic heterocycles. The normalized spacial score (nSPS) is 16.4. The average molecular weight is 260 g/mol. The number of halogens is 2. The number of hydrogen-bond acceptors (Lipinski definition) is 1. The molecule has 1 atom stereocenters. The first-order valence-corrected chi connectivity index (χ1v) is 6.39. The maximum atomic E-state index is 13.8. The lowest BCUT2D eigenvalue weighted by molar-refractivity contribution is 0.212. The van der Waals surface area contributed by atoms with E-state index in [-0.39, 0.29) is 5.56 Å². The molecule has 1 nitrogen and oxygen atoms in total. The van der Waals surface area contributed by atoms with Gasteiger partial charge < -0.3 is 5.11 Å². The molecule has 1 aliphatic carbocycles. The highest BCUT2D eigenvalue weighted by Gasteiger charge is 2.29. The largest absolute Gasteiger partial charge is 0.384 e. The van der Waals surface area contributed by atoms with Crippen LogP contribution >= 0.6 is 0 Å². The molecule has 0 radical (unpaired) electrons. The van der Waals surface area contributed by atoms with Crippen LogP contribution in [0.4, 0.5) is 8.78 Å². The van der Waals surface area contributed by atoms with Gasteiger partial charge in [0.25, 0.3) is 0 Å². The van der Waals surface area contributed by atoms with Crippen molar-refractivity contribution in [3.8, 4) is 0 Å². The van der Waals surface area contributed by atoms with Crippen molar-refractivity contribution in [2.24, 2.45) is 0 Å². The predicted molar refractivity (Wildman–Crippen MR) is 68.8 cm³/mol. The molecule has 98 valence electrons. The second-order valence-electron chi connectivity index (χ2n) is 4.95. The third-order valence-corrected chi connectivity index (χ3v) is 3.58. The van der Waals surface area contributed by atoms with E-state index in [0.29, 0.717) is 11.5 Å². The Morgan fingerprint density at radius 3 is 2.37 bits per heavy atom. The Morgan fingerprint density at radius 2 is 1.63 bits per heavy atom. The minimum Gasteiger partial charge on any atom is -0.384 e. The lowest BCUT2D eigenvalue weighted by Crippen LogP contribution is -2.06. The molecule has 3 heteroatoms. The van der Waals surface area contributed by atoms with Crippen molar-refractivity contribution in [3.63, 3.8) is 0 Å². The lowest BCUT2D eigenvalue weighted by Gasteiger charge is -2.16. The van der Waals surface area contributed by atoms with Gasteiger partial charge in [-0.1, -0.05) is 36.4 Å². The molecule has 1 N–H and O–H groups in total. The maximum Gasteiger partial charge on any atom is 0.164 e. The molecule has 3 rings (SSSR count). The van der Waals surface area contributed by atoms with Crippen LogP contribution in [0.3, 0.4) is 0 Å². The predicted octanol–water partition coefficient (Wildman–Crippen LogP) is 3.92. The van der Waals surface area contributed by atoms with Gasteiger partial charge in [0.2, 0.25) is 0 Å². The third kappa shape index (κ3) is 2.26. The van der Waals surface area contributed by atoms with E-state index in [4.69, 9.17) is 0 Å². The smallest absolute Gasteiger partial charge is 0.164 e. The Labute approximate surface area is 110 Å². The van der Waals surface area contributed by atoms with Gasteiger partial charge in [0.05, 0.1) is 0 Å². The molecule has 1 unspecified atom stereocenters. The van der Waals surface area contributed by atoms with E-state index in [9.17, 15) is 13.9 Å². The molecule has 0 aliphatic heterocycles. The fraction of sp³-hybridized carbons (Fsp3) is 0.250. The number of rotatable bonds is 3. The van der Waals surface area contributed by atoms with Crippen LogP contribution in [0.25, 0.3) is 0 Å². The molecule has 2 aromatic carbocycles. The summed E-state index contributed by atoms with van der Waals surface area (Å²) in [7, 11) is 0. The van der Waals surface area contributed by atoms with Crippen molar-refractivity contribution in [2.75, 3.05) is 0 Å². The molecule has 0 amide bonds. The minimum absolute atomic E-state index is 0.00639. The van der Waals surface area contributed by atoms with Crippen LogP contribution in [0.1, 0.15) is 41.6 Å². The quantitative estimate of drug-likeness (QED) is 0.886. The second-order valence-corrected chi connectivity index (χ2v) is 4.95. The van der Waals surface area contributed by atoms with Gasteiger partial charge >= 0.3 is 0 Å². The lowest BCUT2D eigenvalue weighted by atomic mass is 9.94. The summed E-state index contributed by atoms with van der Waals surface area (Å²) < 4.78 is 27.0. The third-order valence-electron chi connectivity index (χ3n) is 3.58. The molecule has 0 bridgehead atoms. The van der Waals surface area contributed by atoms with E-state index in [1.54, 1.807) is 6.07 Å². The van der Waals surface area contributed by atoms with Gasteiger partial charge in [-0.2, -0.15) is 0 Å². The summed E-state index contributed by atoms with van der Waals surface area (Å²) in [5.41, 5.74) is 1.71. The first-order valence-electron chi connectivity index (χ1n) is 6.39. The van der Waals surface area contributed by atoms with E-state index in [0.717, 1.165) is 24.5 Å². The zero-order chi connectivity index (χ0) is 13.4. The van der Waals surface area contributed by atoms with Crippen LogP contribution < -0.4 is 0 Å². The van der Waals surface area contributed by atoms with E-state index < -0.39 is 17.7 Å². The highest BCUT2D eigenvalue weighted by molar-refractivity contribution is 5.40. The van der Waals surface area contributed by atoms with Crippen LogP contribution in [0.2, 0.25) is 0 Å². The first-order chi connectivity index (χ1) is 9.18. The Hall–Kier alpha value is -1.74. The Balaban J connectivity index is 2.04. The standard InChI is InChI=1S/C16H14F2O/c17-14-7-3-6-13(15(14)18)16(19)12-5-2-1-4-11(12)10-8-9-10/h1-7,10,16,19H,8-9H2. The topological polar surface area (TPSA) is 20.2 Å². The van der Waals surface area contributed by atoms with Crippen molar-refractivity contribution in [3.05, 3.63) is 70.8 Å². The van der Waals surface area contributed by atoms with Gasteiger partial charge in [0, 0.05) is 5.56 Å². The maximum absolute atomic E-state index is 13.8. The highest BCUT2D eigenvalue weighted by atomic mass is 19.2. The molecule has 19 heavy (non-hydrogen) atoms. The molecule has 1 aliphatic rings. The van der Waals surface area contributed by atoms with Crippen LogP contribution in [-0.4, -0.2) is 5.11 Å². The van der Waals surface area contributed by atoms with E-state index in [2.05, 4.69) is 0 Å². The summed E-state index contributed by atoms with van der Waals surface area (Å²) >= 11 is 0. The fourth-order valence-electron chi connectivity index (χ4n) is 2.43. The summed E-state index contributed by atoms with van der Waals surface area (Å²) in [5.74, 6) is -1.46. The van der Waals surface area contributed by atoms with Crippen molar-refractivity contribution in [1.29, 1.82) is 0 Å². The van der Waals surface area contributed by atoms with Crippen LogP contribution in [0.15, 0.2) is 42.5 Å². The number of aliphatic hydroxyl groups is 1. The summed E-state index contributed by atoms with van der Waals surface area (Å²) in [5, 5.41) is 10.3. The number of benzene rings is 2. The summed E-state index contributed by atoms with van der Waals surface area (Å²) in [4.78, 5) is 0. The molecule has 0 saturated heterocycles. The molecule has 2 aromatic rings. The second kappa shape index (κ2) is 4.74. The van der Waals surface area contributed by atoms with Crippen molar-refractivity contribution >= 4 is 0 Å². The van der Waals surface area contributed by atoms with Crippen LogP contribution in [-0.2, 0) is 0 Å². The summed E-state index contributed by atoms with van der Waals surface area (Å²) in [6, 6.07) is 11.3. The first kappa shape index (κ1) is 12.3. The van der Waals surface area contributed by atoms with Crippen molar-refractivity contribution in [2.45, 2.75) is 24.9 Å². The zero-order valence-corrected chi connectivity index (χ0v) is 10.3. The van der Waals surface area contributed by atoms with Crippen LogP contribution in [0.5, 0.6) is 0 Å². The minimum atomic E-state index is -1.12. The summed E-state index contributed by atoms with van der Waals surface area (Å²) in [6.07, 6.45) is 1.07. The van der Waals surface area contributed by atoms with Gasteiger partial charge in [0.15, 0.2) is 11.6 Å². The van der Waals surface area contributed by atoms with Crippen molar-refractivity contribution < 1.29 is 13.9 Å². The highest BCUT2D eigenvalue weighted by Crippen LogP contribution is 2.43. The molecule has 1 fully saturated rings. The van der Waals surface area contributed by atoms with E-state index in [1.807, 2.05) is 18.2 Å². The van der Waals surface area contributed by atoms with Crippen molar-refractivity contribution in [1.82, 2.24) is 0 Å². The van der Waals surface area contributed by atoms with E-state index >= 15 is 0 Å². The number of aliphatic hydroxyl groups excluding tert-OH is 1. The SMILES string of the molecule is OC(c1ccccc1C1CC1)c1cccc(F)c1F. The Morgan fingerprint density at radius 1 is 0.947 bits per heavy atom. The Bertz CT molecular complexity index is 605. The molecular formula is C16H14F2O. The van der Waals surface area contributed by atoms with Gasteiger partial charge in [-0.15, -0.1) is 0 Å². The van der Waals surface area contributed by atoms with Gasteiger partial charge in [-0.25, -0.2) is 8.78 Å². The molecule has 0 spiro atoms. The van der Waals surface area contributed by atoms with E-state index in [1.165, 1.54) is 12.1 Å². The monoisotopic (exact) mass is 260 g/mol. The Kier molecular flexibility index (Phi) is 3.07. The fourth-order valence-corrected chi connectivity index (χ4v) is 2.43. The average Bonchev–Trinajstić information content (AvgIpc) is 3.26. The van der Waals surface area contributed by atoms with Crippen LogP contribution in [0, 0.1) is 11.6 Å². The summed E-state index contributed by atoms with van der Waals surface area (Å²) in [6.45, 7) is 0. The van der Waals surface area contributed by atoms with Gasteiger partial charge in [-0.05, 0) is 36.0 Å². The molecule has 1 saturated carbocycles. The van der Waals surface area contributed by atoms with Gasteiger partial charge in [0.1, 0.15) is 6.10 Å².